The number of carbonyl (C=O) groups is 1. The summed E-state index contributed by atoms with van der Waals surface area (Å²) >= 11 is 1.40. The molecule has 1 unspecified atom stereocenters. The van der Waals surface area contributed by atoms with Crippen molar-refractivity contribution in [1.29, 1.82) is 10.5 Å². The van der Waals surface area contributed by atoms with E-state index >= 15 is 0 Å². The lowest BCUT2D eigenvalue weighted by molar-refractivity contribution is -0.132. The first-order chi connectivity index (χ1) is 14.6. The molecule has 0 N–H and O–H groups in total. The number of hydrazone groups is 1. The summed E-state index contributed by atoms with van der Waals surface area (Å²) in [4.78, 5) is 14.4. The van der Waals surface area contributed by atoms with Crippen LogP contribution < -0.4 is 0 Å². The smallest absolute Gasteiger partial charge is 0.243 e. The van der Waals surface area contributed by atoms with E-state index in [0.717, 1.165) is 21.4 Å². The third-order valence-corrected chi connectivity index (χ3v) is 6.08. The monoisotopic (exact) mass is 414 g/mol. The molecule has 1 amide bonds. The van der Waals surface area contributed by atoms with E-state index in [-0.39, 0.29) is 11.9 Å². The van der Waals surface area contributed by atoms with Crippen LogP contribution in [0.4, 0.5) is 0 Å². The Morgan fingerprint density at radius 3 is 2.87 bits per heavy atom. The average Bonchev–Trinajstić information content (AvgIpc) is 3.50. The van der Waals surface area contributed by atoms with Crippen LogP contribution in [0.5, 0.6) is 0 Å². The number of fused-ring (bicyclic) bond motifs is 1. The zero-order valence-electron chi connectivity index (χ0n) is 16.2. The van der Waals surface area contributed by atoms with Gasteiger partial charge < -0.3 is 0 Å². The second kappa shape index (κ2) is 8.32. The van der Waals surface area contributed by atoms with Gasteiger partial charge in [-0.2, -0.15) is 20.7 Å². The highest BCUT2D eigenvalue weighted by Crippen LogP contribution is 2.33. The molecular formula is C22H18N6OS. The quantitative estimate of drug-likeness (QED) is 0.566. The van der Waals surface area contributed by atoms with E-state index in [1.165, 1.54) is 16.3 Å². The Kier molecular flexibility index (Phi) is 5.42. The number of nitriles is 2. The van der Waals surface area contributed by atoms with Gasteiger partial charge in [-0.3, -0.25) is 9.48 Å². The third kappa shape index (κ3) is 3.86. The molecule has 3 heterocycles. The Labute approximate surface area is 177 Å². The lowest BCUT2D eigenvalue weighted by atomic mass is 10.1. The van der Waals surface area contributed by atoms with Crippen LogP contribution in [0.25, 0.3) is 10.9 Å². The standard InChI is InChI=1S/C22H18N6OS/c1-15(14-27-19-5-3-16(11-23)10-17(19)13-26-27)2-7-22(29)28-20(8-9-25-28)21-6-4-18(12-24)30-21/h3-6,9-10,13,20H,1-2,7-8,14H2. The summed E-state index contributed by atoms with van der Waals surface area (Å²) in [5.41, 5.74) is 2.41. The van der Waals surface area contributed by atoms with E-state index in [0.29, 0.717) is 36.2 Å². The average molecular weight is 414 g/mol. The van der Waals surface area contributed by atoms with Crippen molar-refractivity contribution >= 4 is 34.4 Å². The second-order valence-corrected chi connectivity index (χ2v) is 8.15. The van der Waals surface area contributed by atoms with E-state index < -0.39 is 0 Å². The van der Waals surface area contributed by atoms with Crippen molar-refractivity contribution < 1.29 is 4.79 Å². The molecule has 4 rings (SSSR count). The van der Waals surface area contributed by atoms with Crippen LogP contribution in [-0.2, 0) is 11.3 Å². The Hall–Kier alpha value is -3.75. The maximum Gasteiger partial charge on any atom is 0.243 e. The molecule has 3 aromatic rings. The molecular weight excluding hydrogens is 396 g/mol. The predicted molar refractivity (Wildman–Crippen MR) is 115 cm³/mol. The number of carbonyl (C=O) groups excluding carboxylic acids is 1. The van der Waals surface area contributed by atoms with Crippen LogP contribution >= 0.6 is 11.3 Å². The van der Waals surface area contributed by atoms with Crippen LogP contribution in [0, 0.1) is 22.7 Å². The van der Waals surface area contributed by atoms with Crippen molar-refractivity contribution in [3.05, 3.63) is 64.0 Å². The molecule has 148 valence electrons. The molecule has 1 atom stereocenters. The molecule has 0 spiro atoms. The topological polar surface area (TPSA) is 98.1 Å². The molecule has 0 saturated carbocycles. The fourth-order valence-electron chi connectivity index (χ4n) is 3.45. The number of aromatic nitrogens is 2. The molecule has 1 aliphatic heterocycles. The molecule has 1 aromatic carbocycles. The Bertz CT molecular complexity index is 1240. The Morgan fingerprint density at radius 2 is 2.10 bits per heavy atom. The molecule has 0 bridgehead atoms. The number of rotatable bonds is 6. The van der Waals surface area contributed by atoms with Gasteiger partial charge in [-0.15, -0.1) is 11.3 Å². The van der Waals surface area contributed by atoms with E-state index in [9.17, 15) is 4.79 Å². The maximum atomic E-state index is 12.8. The first-order valence-corrected chi connectivity index (χ1v) is 10.3. The lowest BCUT2D eigenvalue weighted by Crippen LogP contribution is -2.26. The summed E-state index contributed by atoms with van der Waals surface area (Å²) in [7, 11) is 0. The molecule has 2 aromatic heterocycles. The highest BCUT2D eigenvalue weighted by atomic mass is 32.1. The SMILES string of the molecule is C=C(CCC(=O)N1N=CCC1c1ccc(C#N)s1)Cn1ncc2cc(C#N)ccc21. The normalized spacial score (nSPS) is 15.3. The molecule has 30 heavy (non-hydrogen) atoms. The summed E-state index contributed by atoms with van der Waals surface area (Å²) < 4.78 is 1.83. The van der Waals surface area contributed by atoms with E-state index in [1.54, 1.807) is 30.6 Å². The van der Waals surface area contributed by atoms with Gasteiger partial charge in [0.2, 0.25) is 5.91 Å². The molecule has 1 aliphatic rings. The summed E-state index contributed by atoms with van der Waals surface area (Å²) in [6, 6.07) is 13.2. The molecule has 0 radical (unpaired) electrons. The fraction of sp³-hybridized carbons (Fsp3) is 0.227. The first-order valence-electron chi connectivity index (χ1n) is 9.45. The van der Waals surface area contributed by atoms with Crippen LogP contribution in [0.2, 0.25) is 0 Å². The lowest BCUT2D eigenvalue weighted by Gasteiger charge is -2.21. The van der Waals surface area contributed by atoms with Gasteiger partial charge in [0.25, 0.3) is 0 Å². The van der Waals surface area contributed by atoms with Gasteiger partial charge in [0.1, 0.15) is 10.9 Å². The summed E-state index contributed by atoms with van der Waals surface area (Å²) in [6.07, 6.45) is 4.97. The number of allylic oxidation sites excluding steroid dienone is 1. The molecule has 0 aliphatic carbocycles. The minimum absolute atomic E-state index is 0.0641. The third-order valence-electron chi connectivity index (χ3n) is 4.99. The maximum absolute atomic E-state index is 12.8. The van der Waals surface area contributed by atoms with Crippen LogP contribution in [0.15, 0.2) is 53.8 Å². The number of amides is 1. The minimum Gasteiger partial charge on any atom is -0.273 e. The zero-order chi connectivity index (χ0) is 21.1. The summed E-state index contributed by atoms with van der Waals surface area (Å²) in [6.45, 7) is 4.61. The Balaban J connectivity index is 1.37. The molecule has 0 fully saturated rings. The van der Waals surface area contributed by atoms with Crippen molar-refractivity contribution in [3.63, 3.8) is 0 Å². The van der Waals surface area contributed by atoms with Gasteiger partial charge in [0, 0.05) is 29.3 Å². The van der Waals surface area contributed by atoms with Gasteiger partial charge in [-0.05, 0) is 36.8 Å². The van der Waals surface area contributed by atoms with E-state index in [2.05, 4.69) is 28.9 Å². The van der Waals surface area contributed by atoms with Crippen molar-refractivity contribution in [3.8, 4) is 12.1 Å². The predicted octanol–water partition coefficient (Wildman–Crippen LogP) is 4.14. The largest absolute Gasteiger partial charge is 0.273 e. The minimum atomic E-state index is -0.137. The summed E-state index contributed by atoms with van der Waals surface area (Å²) in [5, 5.41) is 29.1. The van der Waals surface area contributed by atoms with Gasteiger partial charge in [0.05, 0.1) is 35.9 Å². The number of nitrogens with zero attached hydrogens (tertiary/aromatic N) is 6. The highest BCUT2D eigenvalue weighted by Gasteiger charge is 2.29. The van der Waals surface area contributed by atoms with Crippen molar-refractivity contribution in [1.82, 2.24) is 14.8 Å². The van der Waals surface area contributed by atoms with Gasteiger partial charge in [0.15, 0.2) is 0 Å². The van der Waals surface area contributed by atoms with Crippen LogP contribution in [0.1, 0.15) is 40.6 Å². The molecule has 0 saturated heterocycles. The van der Waals surface area contributed by atoms with Gasteiger partial charge in [-0.25, -0.2) is 5.01 Å². The van der Waals surface area contributed by atoms with Crippen LogP contribution in [0.3, 0.4) is 0 Å². The van der Waals surface area contributed by atoms with Gasteiger partial charge in [-0.1, -0.05) is 12.2 Å². The van der Waals surface area contributed by atoms with E-state index in [1.807, 2.05) is 16.8 Å². The van der Waals surface area contributed by atoms with Crippen LogP contribution in [-0.4, -0.2) is 26.9 Å². The molecule has 8 heteroatoms. The molecule has 7 nitrogen and oxygen atoms in total. The number of hydrogen-bond acceptors (Lipinski definition) is 6. The highest BCUT2D eigenvalue weighted by molar-refractivity contribution is 7.12. The fourth-order valence-corrected chi connectivity index (χ4v) is 4.36. The second-order valence-electron chi connectivity index (χ2n) is 7.04. The summed E-state index contributed by atoms with van der Waals surface area (Å²) in [5.74, 6) is -0.0641. The zero-order valence-corrected chi connectivity index (χ0v) is 17.0. The number of thiophene rings is 1. The van der Waals surface area contributed by atoms with Crippen molar-refractivity contribution in [2.24, 2.45) is 5.10 Å². The van der Waals surface area contributed by atoms with Crippen molar-refractivity contribution in [2.75, 3.05) is 0 Å². The van der Waals surface area contributed by atoms with Crippen molar-refractivity contribution in [2.45, 2.75) is 31.8 Å². The number of hydrogen-bond donors (Lipinski definition) is 0. The Morgan fingerprint density at radius 1 is 1.23 bits per heavy atom. The first kappa shape index (κ1) is 19.6. The van der Waals surface area contributed by atoms with E-state index in [4.69, 9.17) is 10.5 Å². The number of benzene rings is 1. The van der Waals surface area contributed by atoms with Gasteiger partial charge >= 0.3 is 0 Å².